The normalized spacial score (nSPS) is 10.5. The Labute approximate surface area is 113 Å². The smallest absolute Gasteiger partial charge is 0.118 e. The van der Waals surface area contributed by atoms with Crippen LogP contribution < -0.4 is 5.32 Å². The third-order valence-corrected chi connectivity index (χ3v) is 2.88. The summed E-state index contributed by atoms with van der Waals surface area (Å²) in [6, 6.07) is 17.5. The third kappa shape index (κ3) is 4.73. The van der Waals surface area contributed by atoms with Crippen LogP contribution in [-0.2, 0) is 17.8 Å². The Bertz CT molecular complexity index is 485. The second-order valence-corrected chi connectivity index (χ2v) is 4.36. The fourth-order valence-electron chi connectivity index (χ4n) is 1.83. The van der Waals surface area contributed by atoms with Crippen LogP contribution in [0, 0.1) is 0 Å². The molecule has 0 unspecified atom stereocenters. The van der Waals surface area contributed by atoms with Crippen molar-refractivity contribution in [2.24, 2.45) is 0 Å². The van der Waals surface area contributed by atoms with Gasteiger partial charge in [0.1, 0.15) is 5.75 Å². The Morgan fingerprint density at radius 1 is 0.947 bits per heavy atom. The van der Waals surface area contributed by atoms with Gasteiger partial charge in [0.15, 0.2) is 0 Å². The average Bonchev–Trinajstić information content (AvgIpc) is 2.45. The topological polar surface area (TPSA) is 41.5 Å². The monoisotopic (exact) mass is 257 g/mol. The van der Waals surface area contributed by atoms with E-state index in [4.69, 9.17) is 4.74 Å². The summed E-state index contributed by atoms with van der Waals surface area (Å²) in [6.07, 6.45) is 0.793. The Morgan fingerprint density at radius 3 is 2.47 bits per heavy atom. The molecule has 0 radical (unpaired) electrons. The molecule has 0 saturated heterocycles. The van der Waals surface area contributed by atoms with Gasteiger partial charge in [-0.15, -0.1) is 0 Å². The molecule has 3 heteroatoms. The molecule has 0 bridgehead atoms. The fourth-order valence-corrected chi connectivity index (χ4v) is 1.83. The van der Waals surface area contributed by atoms with Crippen molar-refractivity contribution < 1.29 is 9.84 Å². The van der Waals surface area contributed by atoms with Gasteiger partial charge >= 0.3 is 0 Å². The molecule has 0 aliphatic rings. The van der Waals surface area contributed by atoms with Crippen LogP contribution in [0.4, 0.5) is 0 Å². The maximum absolute atomic E-state index is 9.60. The molecule has 0 aliphatic heterocycles. The maximum atomic E-state index is 9.60. The molecule has 0 amide bonds. The number of ether oxygens (including phenoxy) is 1. The minimum Gasteiger partial charge on any atom is -0.508 e. The Morgan fingerprint density at radius 2 is 1.68 bits per heavy atom. The number of phenolic OH excluding ortho intramolecular Hbond substituents is 1. The van der Waals surface area contributed by atoms with E-state index in [0.717, 1.165) is 18.5 Å². The van der Waals surface area contributed by atoms with Gasteiger partial charge < -0.3 is 9.84 Å². The summed E-state index contributed by atoms with van der Waals surface area (Å²) < 4.78 is 5.51. The van der Waals surface area contributed by atoms with Crippen molar-refractivity contribution in [1.29, 1.82) is 0 Å². The molecular formula is C16H19NO2. The summed E-state index contributed by atoms with van der Waals surface area (Å²) in [5, 5.41) is 12.8. The van der Waals surface area contributed by atoms with Gasteiger partial charge in [0.25, 0.3) is 0 Å². The van der Waals surface area contributed by atoms with Gasteiger partial charge in [0.2, 0.25) is 0 Å². The van der Waals surface area contributed by atoms with Crippen molar-refractivity contribution in [3.8, 4) is 5.75 Å². The molecule has 0 aromatic heterocycles. The molecule has 2 N–H and O–H groups in total. The van der Waals surface area contributed by atoms with E-state index in [1.54, 1.807) is 6.07 Å². The zero-order valence-corrected chi connectivity index (χ0v) is 10.9. The minimum absolute atomic E-state index is 0.356. The van der Waals surface area contributed by atoms with Crippen molar-refractivity contribution in [1.82, 2.24) is 5.32 Å². The van der Waals surface area contributed by atoms with Crippen LogP contribution in [0.25, 0.3) is 0 Å². The van der Waals surface area contributed by atoms with Crippen LogP contribution in [0.5, 0.6) is 5.75 Å². The van der Waals surface area contributed by atoms with Crippen molar-refractivity contribution >= 4 is 0 Å². The van der Waals surface area contributed by atoms with Gasteiger partial charge in [-0.05, 0) is 23.6 Å². The van der Waals surface area contributed by atoms with E-state index >= 15 is 0 Å². The largest absolute Gasteiger partial charge is 0.508 e. The molecule has 19 heavy (non-hydrogen) atoms. The summed E-state index contributed by atoms with van der Waals surface area (Å²) in [5.74, 6) is 0.356. The van der Waals surface area contributed by atoms with Crippen LogP contribution in [0.3, 0.4) is 0 Å². The van der Waals surface area contributed by atoms with Crippen molar-refractivity contribution in [3.05, 3.63) is 65.7 Å². The SMILES string of the molecule is Oc1ccccc1CCNCOCc1ccccc1. The van der Waals surface area contributed by atoms with Crippen molar-refractivity contribution in [2.45, 2.75) is 13.0 Å². The minimum atomic E-state index is 0.356. The van der Waals surface area contributed by atoms with Crippen LogP contribution in [-0.4, -0.2) is 18.4 Å². The predicted molar refractivity (Wildman–Crippen MR) is 75.9 cm³/mol. The summed E-state index contributed by atoms with van der Waals surface area (Å²) in [4.78, 5) is 0. The molecular weight excluding hydrogens is 238 g/mol. The van der Waals surface area contributed by atoms with E-state index < -0.39 is 0 Å². The molecule has 2 aromatic rings. The van der Waals surface area contributed by atoms with E-state index in [-0.39, 0.29) is 0 Å². The van der Waals surface area contributed by atoms with Crippen LogP contribution in [0.15, 0.2) is 54.6 Å². The number of nitrogens with one attached hydrogen (secondary N) is 1. The van der Waals surface area contributed by atoms with Gasteiger partial charge in [0.05, 0.1) is 13.3 Å². The first-order chi connectivity index (χ1) is 9.36. The molecule has 0 spiro atoms. The number of hydrogen-bond donors (Lipinski definition) is 2. The Balaban J connectivity index is 1.59. The second kappa shape index (κ2) is 7.56. The molecule has 2 rings (SSSR count). The van der Waals surface area contributed by atoms with Gasteiger partial charge in [-0.3, -0.25) is 5.32 Å². The standard InChI is InChI=1S/C16H19NO2/c18-16-9-5-4-8-15(16)10-11-17-13-19-12-14-6-2-1-3-7-14/h1-9,17-18H,10-13H2. The first-order valence-corrected chi connectivity index (χ1v) is 6.45. The summed E-state index contributed by atoms with van der Waals surface area (Å²) in [7, 11) is 0. The zero-order chi connectivity index (χ0) is 13.3. The molecule has 3 nitrogen and oxygen atoms in total. The highest BCUT2D eigenvalue weighted by Gasteiger charge is 1.98. The van der Waals surface area contributed by atoms with E-state index in [2.05, 4.69) is 5.32 Å². The number of rotatable bonds is 7. The van der Waals surface area contributed by atoms with E-state index in [0.29, 0.717) is 19.1 Å². The molecule has 0 atom stereocenters. The lowest BCUT2D eigenvalue weighted by molar-refractivity contribution is 0.104. The highest BCUT2D eigenvalue weighted by Crippen LogP contribution is 2.15. The van der Waals surface area contributed by atoms with E-state index in [1.807, 2.05) is 48.5 Å². The predicted octanol–water partition coefficient (Wildman–Crippen LogP) is 2.70. The first kappa shape index (κ1) is 13.6. The van der Waals surface area contributed by atoms with Gasteiger partial charge in [0, 0.05) is 6.54 Å². The van der Waals surface area contributed by atoms with E-state index in [1.165, 1.54) is 5.56 Å². The van der Waals surface area contributed by atoms with Crippen molar-refractivity contribution in [3.63, 3.8) is 0 Å². The first-order valence-electron chi connectivity index (χ1n) is 6.45. The molecule has 2 aromatic carbocycles. The third-order valence-electron chi connectivity index (χ3n) is 2.88. The van der Waals surface area contributed by atoms with Gasteiger partial charge in [-0.25, -0.2) is 0 Å². The quantitative estimate of drug-likeness (QED) is 0.592. The summed E-state index contributed by atoms with van der Waals surface area (Å²) in [6.45, 7) is 1.92. The van der Waals surface area contributed by atoms with Gasteiger partial charge in [-0.1, -0.05) is 48.5 Å². The highest BCUT2D eigenvalue weighted by atomic mass is 16.5. The molecule has 0 saturated carbocycles. The number of aromatic hydroxyl groups is 1. The molecule has 0 heterocycles. The lowest BCUT2D eigenvalue weighted by atomic mass is 10.1. The number of para-hydroxylation sites is 1. The fraction of sp³-hybridized carbons (Fsp3) is 0.250. The summed E-state index contributed by atoms with van der Waals surface area (Å²) >= 11 is 0. The summed E-state index contributed by atoms with van der Waals surface area (Å²) in [5.41, 5.74) is 2.13. The van der Waals surface area contributed by atoms with Crippen LogP contribution >= 0.6 is 0 Å². The number of hydrogen-bond acceptors (Lipinski definition) is 3. The van der Waals surface area contributed by atoms with Crippen LogP contribution in [0.2, 0.25) is 0 Å². The average molecular weight is 257 g/mol. The lowest BCUT2D eigenvalue weighted by Crippen LogP contribution is -2.20. The number of phenols is 1. The molecule has 100 valence electrons. The molecule has 0 fully saturated rings. The van der Waals surface area contributed by atoms with Gasteiger partial charge in [-0.2, -0.15) is 0 Å². The van der Waals surface area contributed by atoms with E-state index in [9.17, 15) is 5.11 Å². The van der Waals surface area contributed by atoms with Crippen molar-refractivity contribution in [2.75, 3.05) is 13.3 Å². The second-order valence-electron chi connectivity index (χ2n) is 4.36. The molecule has 0 aliphatic carbocycles. The Kier molecular flexibility index (Phi) is 5.41. The highest BCUT2D eigenvalue weighted by molar-refractivity contribution is 5.31. The lowest BCUT2D eigenvalue weighted by Gasteiger charge is -2.07. The maximum Gasteiger partial charge on any atom is 0.118 e. The van der Waals surface area contributed by atoms with Crippen LogP contribution in [0.1, 0.15) is 11.1 Å². The zero-order valence-electron chi connectivity index (χ0n) is 10.9. The Hall–Kier alpha value is -1.84. The number of benzene rings is 2.